The predicted octanol–water partition coefficient (Wildman–Crippen LogP) is 8.41. The molecule has 2 N–H and O–H groups in total. The van der Waals surface area contributed by atoms with E-state index in [1.54, 1.807) is 4.90 Å². The van der Waals surface area contributed by atoms with E-state index in [9.17, 15) is 4.79 Å². The number of carbonyl (C=O) groups is 1. The lowest BCUT2D eigenvalue weighted by Gasteiger charge is -2.27. The van der Waals surface area contributed by atoms with Crippen molar-refractivity contribution in [1.82, 2.24) is 29.8 Å². The molecule has 2 aromatic carbocycles. The van der Waals surface area contributed by atoms with Gasteiger partial charge in [-0.3, -0.25) is 4.90 Å². The SMILES string of the molecule is CC(C)(C)OC(=O)N1CCC[C@H]1c1ncc(-c2ccc(-c3ccc4cc(-c5cnc(C6CCCC6)[nH]5)ccc4n3)cc2)[nH]1. The normalized spacial score (nSPS) is 17.7. The number of fused-ring (bicyclic) bond motifs is 1. The molecule has 0 unspecified atom stereocenters. The first kappa shape index (κ1) is 27.4. The first-order valence-corrected chi connectivity index (χ1v) is 15.4. The zero-order chi connectivity index (χ0) is 29.6. The van der Waals surface area contributed by atoms with E-state index >= 15 is 0 Å². The molecule has 1 amide bonds. The van der Waals surface area contributed by atoms with E-state index in [0.29, 0.717) is 12.5 Å². The number of hydrogen-bond donors (Lipinski definition) is 2. The lowest BCUT2D eigenvalue weighted by molar-refractivity contribution is 0.0218. The fourth-order valence-corrected chi connectivity index (χ4v) is 6.41. The fourth-order valence-electron chi connectivity index (χ4n) is 6.41. The van der Waals surface area contributed by atoms with Crippen LogP contribution in [0.15, 0.2) is 67.0 Å². The molecule has 2 fully saturated rings. The van der Waals surface area contributed by atoms with Crippen LogP contribution in [0.3, 0.4) is 0 Å². The molecule has 1 atom stereocenters. The number of aromatic amines is 2. The van der Waals surface area contributed by atoms with Crippen molar-refractivity contribution in [3.05, 3.63) is 78.6 Å². The molecule has 3 aromatic heterocycles. The lowest BCUT2D eigenvalue weighted by atomic mass is 10.0. The second-order valence-electron chi connectivity index (χ2n) is 12.9. The van der Waals surface area contributed by atoms with Crippen LogP contribution in [-0.4, -0.2) is 48.1 Å². The molecular formula is C35H38N6O2. The molecular weight excluding hydrogens is 536 g/mol. The van der Waals surface area contributed by atoms with E-state index in [1.165, 1.54) is 25.7 Å². The van der Waals surface area contributed by atoms with Crippen molar-refractivity contribution in [1.29, 1.82) is 0 Å². The minimum Gasteiger partial charge on any atom is -0.444 e. The van der Waals surface area contributed by atoms with Gasteiger partial charge in [0.15, 0.2) is 0 Å². The molecule has 1 aliphatic heterocycles. The Labute approximate surface area is 251 Å². The number of nitrogens with zero attached hydrogens (tertiary/aromatic N) is 4. The summed E-state index contributed by atoms with van der Waals surface area (Å²) >= 11 is 0. The van der Waals surface area contributed by atoms with Crippen molar-refractivity contribution < 1.29 is 9.53 Å². The molecule has 1 saturated carbocycles. The maximum Gasteiger partial charge on any atom is 0.410 e. The first-order chi connectivity index (χ1) is 20.8. The van der Waals surface area contributed by atoms with Crippen LogP contribution in [0.2, 0.25) is 0 Å². The van der Waals surface area contributed by atoms with Gasteiger partial charge in [-0.25, -0.2) is 19.7 Å². The first-order valence-electron chi connectivity index (χ1n) is 15.4. The number of rotatable bonds is 5. The van der Waals surface area contributed by atoms with E-state index in [-0.39, 0.29) is 12.1 Å². The highest BCUT2D eigenvalue weighted by Gasteiger charge is 2.34. The summed E-state index contributed by atoms with van der Waals surface area (Å²) in [7, 11) is 0. The van der Waals surface area contributed by atoms with Crippen LogP contribution < -0.4 is 0 Å². The number of ether oxygens (including phenoxy) is 1. The maximum absolute atomic E-state index is 12.8. The van der Waals surface area contributed by atoms with E-state index in [4.69, 9.17) is 9.72 Å². The molecule has 8 heteroatoms. The van der Waals surface area contributed by atoms with Crippen LogP contribution in [0.25, 0.3) is 44.7 Å². The monoisotopic (exact) mass is 574 g/mol. The van der Waals surface area contributed by atoms with Gasteiger partial charge >= 0.3 is 6.09 Å². The third-order valence-corrected chi connectivity index (χ3v) is 8.62. The van der Waals surface area contributed by atoms with Gasteiger partial charge in [0, 0.05) is 29.0 Å². The summed E-state index contributed by atoms with van der Waals surface area (Å²) in [4.78, 5) is 35.8. The summed E-state index contributed by atoms with van der Waals surface area (Å²) < 4.78 is 5.63. The van der Waals surface area contributed by atoms with E-state index < -0.39 is 5.60 Å². The van der Waals surface area contributed by atoms with Gasteiger partial charge in [0.05, 0.1) is 41.0 Å². The van der Waals surface area contributed by atoms with E-state index in [2.05, 4.69) is 74.5 Å². The predicted molar refractivity (Wildman–Crippen MR) is 168 cm³/mol. The number of hydrogen-bond acceptors (Lipinski definition) is 5. The van der Waals surface area contributed by atoms with Gasteiger partial charge in [0.2, 0.25) is 0 Å². The Kier molecular flexibility index (Phi) is 7.00. The molecule has 8 nitrogen and oxygen atoms in total. The van der Waals surface area contributed by atoms with Crippen LogP contribution in [0, 0.1) is 0 Å². The summed E-state index contributed by atoms with van der Waals surface area (Å²) in [6.45, 7) is 6.35. The van der Waals surface area contributed by atoms with Crippen molar-refractivity contribution in [3.8, 4) is 33.8 Å². The highest BCUT2D eigenvalue weighted by Crippen LogP contribution is 2.35. The van der Waals surface area contributed by atoms with Crippen LogP contribution >= 0.6 is 0 Å². The third kappa shape index (κ3) is 5.66. The highest BCUT2D eigenvalue weighted by atomic mass is 16.6. The van der Waals surface area contributed by atoms with Gasteiger partial charge < -0.3 is 14.7 Å². The Morgan fingerprint density at radius 2 is 1.49 bits per heavy atom. The number of likely N-dealkylation sites (tertiary alicyclic amines) is 1. The minimum atomic E-state index is -0.526. The smallest absolute Gasteiger partial charge is 0.410 e. The number of amides is 1. The molecule has 1 saturated heterocycles. The van der Waals surface area contributed by atoms with Crippen molar-refractivity contribution in [3.63, 3.8) is 0 Å². The zero-order valence-corrected chi connectivity index (χ0v) is 25.1. The molecule has 2 aliphatic rings. The van der Waals surface area contributed by atoms with Crippen molar-refractivity contribution in [2.24, 2.45) is 0 Å². The Bertz CT molecular complexity index is 1760. The van der Waals surface area contributed by atoms with Crippen LogP contribution in [-0.2, 0) is 4.74 Å². The maximum atomic E-state index is 12.8. The Morgan fingerprint density at radius 3 is 2.26 bits per heavy atom. The van der Waals surface area contributed by atoms with Gasteiger partial charge in [-0.2, -0.15) is 0 Å². The summed E-state index contributed by atoms with van der Waals surface area (Å²) in [6.07, 6.45) is 10.4. The number of imidazole rings is 2. The molecule has 0 bridgehead atoms. The van der Waals surface area contributed by atoms with Gasteiger partial charge in [0.25, 0.3) is 0 Å². The number of aromatic nitrogens is 5. The number of benzene rings is 2. The average molecular weight is 575 g/mol. The topological polar surface area (TPSA) is 99.8 Å². The third-order valence-electron chi connectivity index (χ3n) is 8.62. The molecule has 1 aliphatic carbocycles. The summed E-state index contributed by atoms with van der Waals surface area (Å²) in [5.41, 5.74) is 6.58. The summed E-state index contributed by atoms with van der Waals surface area (Å²) in [6, 6.07) is 18.9. The van der Waals surface area contributed by atoms with Crippen molar-refractivity contribution >= 4 is 17.0 Å². The second kappa shape index (κ2) is 11.0. The fraction of sp³-hybridized carbons (Fsp3) is 0.371. The minimum absolute atomic E-state index is 0.104. The van der Waals surface area contributed by atoms with Crippen molar-refractivity contribution in [2.45, 2.75) is 76.9 Å². The Hall–Kier alpha value is -4.46. The molecule has 7 rings (SSSR count). The van der Waals surface area contributed by atoms with Crippen LogP contribution in [0.4, 0.5) is 4.79 Å². The van der Waals surface area contributed by atoms with E-state index in [0.717, 1.165) is 69.2 Å². The number of H-pyrrole nitrogens is 2. The lowest BCUT2D eigenvalue weighted by Crippen LogP contribution is -2.36. The van der Waals surface area contributed by atoms with Gasteiger partial charge in [-0.1, -0.05) is 49.2 Å². The van der Waals surface area contributed by atoms with Gasteiger partial charge in [-0.15, -0.1) is 0 Å². The van der Waals surface area contributed by atoms with Gasteiger partial charge in [0.1, 0.15) is 17.2 Å². The summed E-state index contributed by atoms with van der Waals surface area (Å²) in [5, 5.41) is 1.10. The quantitative estimate of drug-likeness (QED) is 0.219. The largest absolute Gasteiger partial charge is 0.444 e. The van der Waals surface area contributed by atoms with Crippen LogP contribution in [0.5, 0.6) is 0 Å². The second-order valence-corrected chi connectivity index (χ2v) is 12.9. The standard InChI is InChI=1S/C35H38N6O2/c1-35(2,3)43-34(42)41-18-6-9-31(41)33-37-20-29(40-33)23-12-10-22(11-13-23)27-16-14-25-19-26(15-17-28(25)38-27)30-21-36-32(39-30)24-7-4-5-8-24/h10-17,19-21,24,31H,4-9,18H2,1-3H3,(H,36,39)(H,37,40)/t31-/m0/s1. The molecule has 0 spiro atoms. The van der Waals surface area contributed by atoms with E-state index in [1.807, 2.05) is 33.2 Å². The number of carbonyl (C=O) groups excluding carboxylic acids is 1. The molecule has 0 radical (unpaired) electrons. The molecule has 4 heterocycles. The number of nitrogens with one attached hydrogen (secondary N) is 2. The van der Waals surface area contributed by atoms with Crippen LogP contribution in [0.1, 0.15) is 82.9 Å². The summed E-state index contributed by atoms with van der Waals surface area (Å²) in [5.74, 6) is 2.49. The number of pyridine rings is 1. The van der Waals surface area contributed by atoms with Gasteiger partial charge in [-0.05, 0) is 70.2 Å². The molecule has 5 aromatic rings. The molecule has 43 heavy (non-hydrogen) atoms. The Morgan fingerprint density at radius 1 is 0.814 bits per heavy atom. The zero-order valence-electron chi connectivity index (χ0n) is 25.1. The van der Waals surface area contributed by atoms with Crippen molar-refractivity contribution in [2.75, 3.05) is 6.54 Å². The average Bonchev–Trinajstić information content (AvgIpc) is 3.82. The molecule has 220 valence electrons. The Balaban J connectivity index is 1.06. The highest BCUT2D eigenvalue weighted by molar-refractivity contribution is 5.86.